The molecular weight excluding hydrogens is 290 g/mol. The van der Waals surface area contributed by atoms with Crippen molar-refractivity contribution >= 4 is 22.7 Å². The number of benzene rings is 1. The van der Waals surface area contributed by atoms with E-state index >= 15 is 0 Å². The highest BCUT2D eigenvalue weighted by Crippen LogP contribution is 2.22. The molecule has 0 bridgehead atoms. The van der Waals surface area contributed by atoms with E-state index in [1.807, 2.05) is 56.3 Å². The summed E-state index contributed by atoms with van der Waals surface area (Å²) in [4.78, 5) is 18.6. The van der Waals surface area contributed by atoms with Gasteiger partial charge in [-0.05, 0) is 24.6 Å². The number of amides is 1. The molecule has 3 rings (SSSR count). The van der Waals surface area contributed by atoms with Crippen molar-refractivity contribution in [3.8, 4) is 0 Å². The average molecular weight is 309 g/mol. The summed E-state index contributed by atoms with van der Waals surface area (Å²) >= 11 is 0. The van der Waals surface area contributed by atoms with Gasteiger partial charge in [0.25, 0.3) is 5.91 Å². The summed E-state index contributed by atoms with van der Waals surface area (Å²) in [6.45, 7) is 2.36. The van der Waals surface area contributed by atoms with Gasteiger partial charge in [-0.3, -0.25) is 4.79 Å². The van der Waals surface area contributed by atoms with Gasteiger partial charge in [-0.2, -0.15) is 0 Å². The smallest absolute Gasteiger partial charge is 0.287 e. The Morgan fingerprint density at radius 3 is 2.83 bits per heavy atom. The summed E-state index contributed by atoms with van der Waals surface area (Å²) in [5, 5.41) is 3.83. The zero-order valence-electron chi connectivity index (χ0n) is 13.5. The van der Waals surface area contributed by atoms with Gasteiger partial charge in [0.2, 0.25) is 0 Å². The molecule has 23 heavy (non-hydrogen) atoms. The normalized spacial score (nSPS) is 10.7. The molecule has 0 aliphatic rings. The molecule has 3 aromatic rings. The van der Waals surface area contributed by atoms with Crippen LogP contribution in [0.1, 0.15) is 21.7 Å². The largest absolute Gasteiger partial charge is 0.451 e. The highest BCUT2D eigenvalue weighted by atomic mass is 16.3. The summed E-state index contributed by atoms with van der Waals surface area (Å²) in [6.07, 6.45) is 1.74. The first-order valence-corrected chi connectivity index (χ1v) is 7.45. The molecule has 0 spiro atoms. The monoisotopic (exact) mass is 309 g/mol. The second-order valence-corrected chi connectivity index (χ2v) is 5.67. The second-order valence-electron chi connectivity index (χ2n) is 5.67. The maximum Gasteiger partial charge on any atom is 0.287 e. The maximum absolute atomic E-state index is 12.3. The van der Waals surface area contributed by atoms with Gasteiger partial charge in [-0.25, -0.2) is 4.98 Å². The van der Waals surface area contributed by atoms with Gasteiger partial charge in [-0.1, -0.05) is 24.3 Å². The number of hydrogen-bond donors (Lipinski definition) is 1. The molecule has 0 saturated carbocycles. The molecule has 1 amide bonds. The molecule has 2 heterocycles. The number of anilines is 1. The van der Waals surface area contributed by atoms with Crippen molar-refractivity contribution in [2.45, 2.75) is 13.5 Å². The van der Waals surface area contributed by atoms with Crippen LogP contribution in [0.5, 0.6) is 0 Å². The number of aryl methyl sites for hydroxylation is 1. The van der Waals surface area contributed by atoms with Crippen molar-refractivity contribution in [3.63, 3.8) is 0 Å². The van der Waals surface area contributed by atoms with Crippen LogP contribution in [0.25, 0.3) is 11.0 Å². The predicted molar refractivity (Wildman–Crippen MR) is 90.7 cm³/mol. The number of hydrogen-bond acceptors (Lipinski definition) is 4. The van der Waals surface area contributed by atoms with Crippen LogP contribution in [-0.4, -0.2) is 25.0 Å². The Kier molecular flexibility index (Phi) is 4.02. The molecule has 0 fully saturated rings. The maximum atomic E-state index is 12.3. The van der Waals surface area contributed by atoms with E-state index in [1.165, 1.54) is 0 Å². The third-order valence-corrected chi connectivity index (χ3v) is 3.70. The first kappa shape index (κ1) is 15.1. The lowest BCUT2D eigenvalue weighted by molar-refractivity contribution is 0.0925. The molecule has 0 saturated heterocycles. The minimum Gasteiger partial charge on any atom is -0.451 e. The van der Waals surface area contributed by atoms with Crippen molar-refractivity contribution in [2.24, 2.45) is 0 Å². The van der Waals surface area contributed by atoms with Gasteiger partial charge >= 0.3 is 0 Å². The fraction of sp³-hybridized carbons (Fsp3) is 0.222. The fourth-order valence-corrected chi connectivity index (χ4v) is 2.55. The summed E-state index contributed by atoms with van der Waals surface area (Å²) in [7, 11) is 3.85. The van der Waals surface area contributed by atoms with Crippen molar-refractivity contribution in [3.05, 3.63) is 59.5 Å². The number of rotatable bonds is 4. The Morgan fingerprint density at radius 2 is 2.09 bits per heavy atom. The second kappa shape index (κ2) is 6.12. The number of carbonyl (C=O) groups excluding carboxylic acids is 1. The zero-order valence-corrected chi connectivity index (χ0v) is 13.5. The van der Waals surface area contributed by atoms with Crippen LogP contribution in [0.15, 0.2) is 47.0 Å². The summed E-state index contributed by atoms with van der Waals surface area (Å²) in [6, 6.07) is 11.4. The van der Waals surface area contributed by atoms with E-state index < -0.39 is 0 Å². The van der Waals surface area contributed by atoms with Gasteiger partial charge in [-0.15, -0.1) is 0 Å². The molecule has 1 N–H and O–H groups in total. The Hall–Kier alpha value is -2.82. The first-order chi connectivity index (χ1) is 11.1. The number of nitrogens with one attached hydrogen (secondary N) is 1. The van der Waals surface area contributed by atoms with E-state index in [0.717, 1.165) is 27.9 Å². The van der Waals surface area contributed by atoms with Gasteiger partial charge in [0, 0.05) is 37.8 Å². The Morgan fingerprint density at radius 1 is 1.26 bits per heavy atom. The van der Waals surface area contributed by atoms with Gasteiger partial charge in [0.15, 0.2) is 5.76 Å². The topological polar surface area (TPSA) is 58.4 Å². The zero-order chi connectivity index (χ0) is 16.4. The van der Waals surface area contributed by atoms with E-state index in [2.05, 4.69) is 10.3 Å². The van der Waals surface area contributed by atoms with E-state index in [-0.39, 0.29) is 5.91 Å². The highest BCUT2D eigenvalue weighted by Gasteiger charge is 2.14. The highest BCUT2D eigenvalue weighted by molar-refractivity contribution is 5.96. The van der Waals surface area contributed by atoms with Crippen LogP contribution >= 0.6 is 0 Å². The number of para-hydroxylation sites is 1. The number of aromatic nitrogens is 1. The van der Waals surface area contributed by atoms with Crippen molar-refractivity contribution < 1.29 is 9.21 Å². The van der Waals surface area contributed by atoms with Gasteiger partial charge in [0.05, 0.1) is 0 Å². The molecule has 1 aromatic carbocycles. The first-order valence-electron chi connectivity index (χ1n) is 7.45. The van der Waals surface area contributed by atoms with Crippen LogP contribution in [0.2, 0.25) is 0 Å². The fourth-order valence-electron chi connectivity index (χ4n) is 2.55. The van der Waals surface area contributed by atoms with E-state index in [0.29, 0.717) is 12.3 Å². The number of pyridine rings is 1. The molecule has 0 radical (unpaired) electrons. The van der Waals surface area contributed by atoms with E-state index in [4.69, 9.17) is 4.42 Å². The van der Waals surface area contributed by atoms with Crippen molar-refractivity contribution in [1.82, 2.24) is 10.3 Å². The standard InChI is InChI=1S/C18H19N3O2/c1-12-6-4-7-13-10-15(23-16(12)13)18(22)20-11-14-8-5-9-19-17(14)21(2)3/h4-10H,11H2,1-3H3,(H,20,22). The number of carbonyl (C=O) groups is 1. The van der Waals surface area contributed by atoms with E-state index in [9.17, 15) is 4.79 Å². The lowest BCUT2D eigenvalue weighted by Crippen LogP contribution is -2.24. The third kappa shape index (κ3) is 3.04. The molecule has 0 atom stereocenters. The summed E-state index contributed by atoms with van der Waals surface area (Å²) < 4.78 is 5.69. The van der Waals surface area contributed by atoms with Gasteiger partial charge in [0.1, 0.15) is 11.4 Å². The molecular formula is C18H19N3O2. The Bertz CT molecular complexity index is 852. The lowest BCUT2D eigenvalue weighted by atomic mass is 10.2. The van der Waals surface area contributed by atoms with E-state index in [1.54, 1.807) is 12.3 Å². The Labute approximate surface area is 134 Å². The number of nitrogens with zero attached hydrogens (tertiary/aromatic N) is 2. The molecule has 5 nitrogen and oxygen atoms in total. The lowest BCUT2D eigenvalue weighted by Gasteiger charge is -2.15. The molecule has 0 unspecified atom stereocenters. The molecule has 118 valence electrons. The predicted octanol–water partition coefficient (Wildman–Crippen LogP) is 3.13. The van der Waals surface area contributed by atoms with Crippen LogP contribution < -0.4 is 10.2 Å². The SMILES string of the molecule is Cc1cccc2cc(C(=O)NCc3cccnc3N(C)C)oc12. The summed E-state index contributed by atoms with van der Waals surface area (Å²) in [5.41, 5.74) is 2.73. The molecule has 5 heteroatoms. The number of furan rings is 1. The van der Waals surface area contributed by atoms with Crippen molar-refractivity contribution in [1.29, 1.82) is 0 Å². The van der Waals surface area contributed by atoms with Crippen LogP contribution in [0, 0.1) is 6.92 Å². The Balaban J connectivity index is 1.78. The molecule has 0 aliphatic carbocycles. The number of fused-ring (bicyclic) bond motifs is 1. The minimum absolute atomic E-state index is 0.228. The minimum atomic E-state index is -0.228. The molecule has 0 aliphatic heterocycles. The summed E-state index contributed by atoms with van der Waals surface area (Å²) in [5.74, 6) is 0.937. The average Bonchev–Trinajstić information content (AvgIpc) is 2.98. The van der Waals surface area contributed by atoms with Crippen molar-refractivity contribution in [2.75, 3.05) is 19.0 Å². The molecule has 2 aromatic heterocycles. The third-order valence-electron chi connectivity index (χ3n) is 3.70. The van der Waals surface area contributed by atoms with Crippen LogP contribution in [0.3, 0.4) is 0 Å². The van der Waals surface area contributed by atoms with Crippen LogP contribution in [0.4, 0.5) is 5.82 Å². The van der Waals surface area contributed by atoms with Gasteiger partial charge < -0.3 is 14.6 Å². The quantitative estimate of drug-likeness (QED) is 0.804. The van der Waals surface area contributed by atoms with Crippen LogP contribution in [-0.2, 0) is 6.54 Å².